The van der Waals surface area contributed by atoms with Crippen LogP contribution in [0.3, 0.4) is 0 Å². The maximum atomic E-state index is 14.7. The second kappa shape index (κ2) is 17.4. The van der Waals surface area contributed by atoms with E-state index in [-0.39, 0.29) is 46.7 Å². The van der Waals surface area contributed by atoms with Gasteiger partial charge in [-0.2, -0.15) is 0 Å². The fourth-order valence-corrected chi connectivity index (χ4v) is 14.5. The van der Waals surface area contributed by atoms with Crippen LogP contribution in [0.1, 0.15) is 106 Å². The molecule has 3 aliphatic heterocycles. The van der Waals surface area contributed by atoms with Crippen LogP contribution in [0.15, 0.2) is 22.8 Å². The molecule has 364 valence electrons. The molecule has 22 atom stereocenters. The number of esters is 1. The quantitative estimate of drug-likeness (QED) is 0.0912. The van der Waals surface area contributed by atoms with Crippen molar-refractivity contribution >= 4 is 5.97 Å². The van der Waals surface area contributed by atoms with Gasteiger partial charge >= 0.3 is 5.97 Å². The zero-order valence-corrected chi connectivity index (χ0v) is 38.3. The van der Waals surface area contributed by atoms with Gasteiger partial charge in [-0.1, -0.05) is 57.4 Å². The number of carbonyl (C=O) groups is 1. The van der Waals surface area contributed by atoms with Gasteiger partial charge in [0, 0.05) is 5.92 Å². The molecular formula is C47H74O17. The first-order chi connectivity index (χ1) is 30.0. The molecule has 5 aliphatic carbocycles. The Balaban J connectivity index is 1.04. The van der Waals surface area contributed by atoms with Crippen molar-refractivity contribution in [3.63, 3.8) is 0 Å². The lowest BCUT2D eigenvalue weighted by Gasteiger charge is -2.71. The number of hydrogen-bond donors (Lipinski definition) is 10. The topological polar surface area (TPSA) is 275 Å². The van der Waals surface area contributed by atoms with E-state index in [1.165, 1.54) is 11.1 Å². The van der Waals surface area contributed by atoms with Gasteiger partial charge in [0.05, 0.1) is 31.3 Å². The summed E-state index contributed by atoms with van der Waals surface area (Å²) in [6.07, 6.45) is -12.2. The van der Waals surface area contributed by atoms with E-state index in [9.17, 15) is 55.9 Å². The molecule has 10 N–H and O–H groups in total. The van der Waals surface area contributed by atoms with Crippen molar-refractivity contribution in [3.05, 3.63) is 22.8 Å². The minimum absolute atomic E-state index is 0.124. The molecule has 17 nitrogen and oxygen atoms in total. The summed E-state index contributed by atoms with van der Waals surface area (Å²) in [5.74, 6) is -0.275. The first-order valence-electron chi connectivity index (χ1n) is 23.5. The molecule has 3 saturated carbocycles. The molecule has 0 amide bonds. The molecule has 0 bridgehead atoms. The van der Waals surface area contributed by atoms with Crippen molar-refractivity contribution < 1.29 is 84.3 Å². The molecule has 0 radical (unpaired) electrons. The van der Waals surface area contributed by atoms with Crippen LogP contribution in [0.5, 0.6) is 0 Å². The van der Waals surface area contributed by atoms with Gasteiger partial charge in [-0.3, -0.25) is 4.79 Å². The van der Waals surface area contributed by atoms with Crippen LogP contribution in [-0.4, -0.2) is 169 Å². The maximum absolute atomic E-state index is 14.7. The smallest absolute Gasteiger partial charge is 0.315 e. The monoisotopic (exact) mass is 910 g/mol. The number of hydrogen-bond acceptors (Lipinski definition) is 17. The summed E-state index contributed by atoms with van der Waals surface area (Å²) in [5.41, 5.74) is 1.73. The zero-order valence-electron chi connectivity index (χ0n) is 38.3. The van der Waals surface area contributed by atoms with Crippen molar-refractivity contribution in [3.8, 4) is 0 Å². The fourth-order valence-electron chi connectivity index (χ4n) is 14.5. The Morgan fingerprint density at radius 2 is 1.33 bits per heavy atom. The number of aliphatic hydroxyl groups excluding tert-OH is 10. The highest BCUT2D eigenvalue weighted by molar-refractivity contribution is 5.80. The summed E-state index contributed by atoms with van der Waals surface area (Å²) < 4.78 is 36.0. The van der Waals surface area contributed by atoms with Crippen molar-refractivity contribution in [2.24, 2.45) is 44.8 Å². The summed E-state index contributed by atoms with van der Waals surface area (Å²) >= 11 is 0. The van der Waals surface area contributed by atoms with Gasteiger partial charge in [-0.15, -0.1) is 0 Å². The van der Waals surface area contributed by atoms with E-state index < -0.39 is 116 Å². The molecule has 0 aromatic carbocycles. The second-order valence-corrected chi connectivity index (χ2v) is 22.0. The van der Waals surface area contributed by atoms with Crippen LogP contribution < -0.4 is 0 Å². The van der Waals surface area contributed by atoms with E-state index in [2.05, 4.69) is 54.5 Å². The van der Waals surface area contributed by atoms with Gasteiger partial charge in [0.15, 0.2) is 12.6 Å². The molecule has 64 heavy (non-hydrogen) atoms. The molecular weight excluding hydrogens is 836 g/mol. The molecule has 3 saturated heterocycles. The Labute approximate surface area is 375 Å². The van der Waals surface area contributed by atoms with Crippen molar-refractivity contribution in [2.45, 2.75) is 198 Å². The van der Waals surface area contributed by atoms with Gasteiger partial charge in [-0.25, -0.2) is 0 Å². The predicted octanol–water partition coefficient (Wildman–Crippen LogP) is 0.700. The minimum atomic E-state index is -1.73. The molecule has 0 aromatic rings. The highest BCUT2D eigenvalue weighted by atomic mass is 16.8. The van der Waals surface area contributed by atoms with Crippen LogP contribution in [0, 0.1) is 44.8 Å². The van der Waals surface area contributed by atoms with E-state index >= 15 is 0 Å². The maximum Gasteiger partial charge on any atom is 0.315 e. The van der Waals surface area contributed by atoms with Gasteiger partial charge in [-0.05, 0) is 105 Å². The third-order valence-electron chi connectivity index (χ3n) is 18.8. The Bertz CT molecular complexity index is 1800. The minimum Gasteiger partial charge on any atom is -0.432 e. The van der Waals surface area contributed by atoms with E-state index in [0.717, 1.165) is 37.7 Å². The standard InChI is InChI=1S/C47H74O17/c1-21-10-15-47(42(58)64-40-37(57)35(55)33(53)26(19-49)61-40)17-16-45(6)23(30(47)22(21)2)8-9-28-44(5)13-12-29(43(3,4)27(44)11-14-46(28,45)7)62-41-38(31(51)24(50)20-59-41)63-39-36(56)34(54)32(52)25(18-48)60-39/h8,24-41,48-57H,9-20H2,1-7H3/t24-,25-,26-,27+,28-,29+,30+,31+,32-,33-,34+,35+,36-,37-,38-,39+,40+,41+,44+,45-,46-,47+/m1/s1. The third-order valence-corrected chi connectivity index (χ3v) is 18.8. The van der Waals surface area contributed by atoms with Crippen LogP contribution in [-0.2, 0) is 33.2 Å². The van der Waals surface area contributed by atoms with Crippen molar-refractivity contribution in [2.75, 3.05) is 19.8 Å². The summed E-state index contributed by atoms with van der Waals surface area (Å²) in [6.45, 7) is 14.4. The van der Waals surface area contributed by atoms with Crippen molar-refractivity contribution in [1.29, 1.82) is 0 Å². The van der Waals surface area contributed by atoms with Gasteiger partial charge in [0.1, 0.15) is 67.1 Å². The lowest BCUT2D eigenvalue weighted by Crippen LogP contribution is -2.66. The van der Waals surface area contributed by atoms with Crippen LogP contribution in [0.2, 0.25) is 0 Å². The van der Waals surface area contributed by atoms with Crippen LogP contribution >= 0.6 is 0 Å². The Morgan fingerprint density at radius 3 is 1.97 bits per heavy atom. The molecule has 6 fully saturated rings. The van der Waals surface area contributed by atoms with E-state index in [4.69, 9.17) is 28.4 Å². The normalized spacial score (nSPS) is 52.7. The predicted molar refractivity (Wildman–Crippen MR) is 224 cm³/mol. The molecule has 8 rings (SSSR count). The Kier molecular flexibility index (Phi) is 13.3. The fraction of sp³-hybridized carbons (Fsp3) is 0.894. The first kappa shape index (κ1) is 48.8. The largest absolute Gasteiger partial charge is 0.432 e. The molecule has 0 aromatic heterocycles. The van der Waals surface area contributed by atoms with Crippen molar-refractivity contribution in [1.82, 2.24) is 0 Å². The molecule has 0 unspecified atom stereocenters. The summed E-state index contributed by atoms with van der Waals surface area (Å²) in [6, 6.07) is 0. The molecule has 3 heterocycles. The molecule has 8 aliphatic rings. The number of fused-ring (bicyclic) bond motifs is 7. The lowest BCUT2D eigenvalue weighted by molar-refractivity contribution is -0.367. The summed E-state index contributed by atoms with van der Waals surface area (Å²) in [7, 11) is 0. The van der Waals surface area contributed by atoms with E-state index in [0.29, 0.717) is 25.7 Å². The number of rotatable bonds is 8. The second-order valence-electron chi connectivity index (χ2n) is 22.0. The Hall–Kier alpha value is -1.65. The number of carbonyl (C=O) groups excluding carboxylic acids is 1. The van der Waals surface area contributed by atoms with E-state index in [1.54, 1.807) is 0 Å². The average Bonchev–Trinajstić information content (AvgIpc) is 3.25. The lowest BCUT2D eigenvalue weighted by atomic mass is 9.34. The number of ether oxygens (including phenoxy) is 6. The van der Waals surface area contributed by atoms with Gasteiger partial charge in [0.2, 0.25) is 6.29 Å². The number of aliphatic hydroxyl groups is 10. The van der Waals surface area contributed by atoms with Gasteiger partial charge < -0.3 is 79.5 Å². The first-order valence-corrected chi connectivity index (χ1v) is 23.5. The third kappa shape index (κ3) is 7.33. The van der Waals surface area contributed by atoms with Gasteiger partial charge in [0.25, 0.3) is 0 Å². The highest BCUT2D eigenvalue weighted by Crippen LogP contribution is 2.76. The van der Waals surface area contributed by atoms with E-state index in [1.807, 2.05) is 0 Å². The molecule has 0 spiro atoms. The van der Waals surface area contributed by atoms with Crippen LogP contribution in [0.4, 0.5) is 0 Å². The van der Waals surface area contributed by atoms with Crippen LogP contribution in [0.25, 0.3) is 0 Å². The highest BCUT2D eigenvalue weighted by Gasteiger charge is 2.70. The Morgan fingerprint density at radius 1 is 0.703 bits per heavy atom. The zero-order chi connectivity index (χ0) is 46.6. The average molecular weight is 911 g/mol. The molecule has 17 heteroatoms. The summed E-state index contributed by atoms with van der Waals surface area (Å²) in [5, 5.41) is 105. The summed E-state index contributed by atoms with van der Waals surface area (Å²) in [4.78, 5) is 14.7. The SMILES string of the molecule is CC1=C(C)[C@H]2C3=CC[C@@H]4[C@@]5(C)CC[C@H](O[C@@H]6OC[C@@H](O)[C@H](O)[C@H]6O[C@@H]6O[C@H](CO)[C@@H](O)[C@H](O)[C@H]6O)C(C)(C)[C@@H]5CC[C@@]4(C)[C@]3(C)CC[C@@]2(C(=O)O[C@@H]2O[C@H](CO)[C@@H](O)[C@H](O)[C@H]2O)CC1. The number of allylic oxidation sites excluding steroid dienone is 4.